The van der Waals surface area contributed by atoms with Gasteiger partial charge in [0.2, 0.25) is 0 Å². The van der Waals surface area contributed by atoms with Crippen LogP contribution >= 0.6 is 23.4 Å². The molecule has 0 aromatic heterocycles. The Kier molecular flexibility index (Phi) is 4.80. The molecule has 0 aliphatic carbocycles. The SMILES string of the molecule is O=C(CCCl)OC1COCCS1. The van der Waals surface area contributed by atoms with Gasteiger partial charge >= 0.3 is 5.97 Å². The molecule has 1 heterocycles. The summed E-state index contributed by atoms with van der Waals surface area (Å²) in [7, 11) is 0. The first-order valence-electron chi connectivity index (χ1n) is 3.77. The highest BCUT2D eigenvalue weighted by atomic mass is 35.5. The second-order valence-electron chi connectivity index (χ2n) is 2.30. The molecule has 1 rings (SSSR count). The zero-order valence-electron chi connectivity index (χ0n) is 6.62. The summed E-state index contributed by atoms with van der Waals surface area (Å²) in [6, 6.07) is 0. The van der Waals surface area contributed by atoms with E-state index in [9.17, 15) is 4.79 Å². The molecule has 0 amide bonds. The third kappa shape index (κ3) is 3.65. The molecular formula is C7H11ClO3S. The lowest BCUT2D eigenvalue weighted by Crippen LogP contribution is -2.26. The molecule has 0 saturated carbocycles. The van der Waals surface area contributed by atoms with E-state index < -0.39 is 0 Å². The predicted molar refractivity (Wildman–Crippen MR) is 48.5 cm³/mol. The molecule has 3 nitrogen and oxygen atoms in total. The molecule has 0 bridgehead atoms. The minimum Gasteiger partial charge on any atom is -0.449 e. The Morgan fingerprint density at radius 2 is 2.58 bits per heavy atom. The van der Waals surface area contributed by atoms with Crippen LogP contribution in [0, 0.1) is 0 Å². The lowest BCUT2D eigenvalue weighted by molar-refractivity contribution is -0.146. The fourth-order valence-electron chi connectivity index (χ4n) is 0.817. The van der Waals surface area contributed by atoms with Gasteiger partial charge in [-0.2, -0.15) is 0 Å². The van der Waals surface area contributed by atoms with Crippen LogP contribution in [0.1, 0.15) is 6.42 Å². The highest BCUT2D eigenvalue weighted by Crippen LogP contribution is 2.17. The van der Waals surface area contributed by atoms with E-state index in [4.69, 9.17) is 21.1 Å². The van der Waals surface area contributed by atoms with E-state index >= 15 is 0 Å². The smallest absolute Gasteiger partial charge is 0.308 e. The average Bonchev–Trinajstić information content (AvgIpc) is 2.06. The molecule has 1 aliphatic heterocycles. The molecule has 0 radical (unpaired) electrons. The lowest BCUT2D eigenvalue weighted by atomic mass is 10.5. The first-order valence-corrected chi connectivity index (χ1v) is 5.36. The van der Waals surface area contributed by atoms with Gasteiger partial charge in [-0.05, 0) is 0 Å². The van der Waals surface area contributed by atoms with Crippen LogP contribution in [0.4, 0.5) is 0 Å². The van der Waals surface area contributed by atoms with Crippen LogP contribution in [0.2, 0.25) is 0 Å². The van der Waals surface area contributed by atoms with Gasteiger partial charge < -0.3 is 9.47 Å². The van der Waals surface area contributed by atoms with Crippen molar-refractivity contribution in [1.29, 1.82) is 0 Å². The van der Waals surface area contributed by atoms with E-state index in [0.717, 1.165) is 12.4 Å². The topological polar surface area (TPSA) is 35.5 Å². The van der Waals surface area contributed by atoms with Gasteiger partial charge in [0.25, 0.3) is 0 Å². The number of hydrogen-bond donors (Lipinski definition) is 0. The van der Waals surface area contributed by atoms with Gasteiger partial charge in [-0.15, -0.1) is 23.4 Å². The molecule has 1 unspecified atom stereocenters. The number of ether oxygens (including phenoxy) is 2. The van der Waals surface area contributed by atoms with Gasteiger partial charge in [-0.1, -0.05) is 0 Å². The van der Waals surface area contributed by atoms with Gasteiger partial charge in [0.1, 0.15) is 0 Å². The van der Waals surface area contributed by atoms with Gasteiger partial charge in [0.05, 0.1) is 19.6 Å². The Labute approximate surface area is 80.7 Å². The van der Waals surface area contributed by atoms with E-state index in [1.54, 1.807) is 11.8 Å². The van der Waals surface area contributed by atoms with Crippen molar-refractivity contribution in [3.8, 4) is 0 Å². The van der Waals surface area contributed by atoms with Crippen molar-refractivity contribution in [2.45, 2.75) is 11.9 Å². The Balaban J connectivity index is 2.15. The van der Waals surface area contributed by atoms with Crippen molar-refractivity contribution < 1.29 is 14.3 Å². The van der Waals surface area contributed by atoms with Gasteiger partial charge in [-0.3, -0.25) is 4.79 Å². The molecule has 5 heteroatoms. The van der Waals surface area contributed by atoms with E-state index in [0.29, 0.717) is 12.5 Å². The molecule has 0 N–H and O–H groups in total. The summed E-state index contributed by atoms with van der Waals surface area (Å²) in [5.41, 5.74) is -0.130. The molecule has 0 spiro atoms. The minimum atomic E-state index is -0.243. The van der Waals surface area contributed by atoms with Gasteiger partial charge in [-0.25, -0.2) is 0 Å². The molecule has 1 aliphatic rings. The van der Waals surface area contributed by atoms with Gasteiger partial charge in [0, 0.05) is 11.6 Å². The van der Waals surface area contributed by atoms with Gasteiger partial charge in [0.15, 0.2) is 5.44 Å². The van der Waals surface area contributed by atoms with Crippen LogP contribution in [0.5, 0.6) is 0 Å². The monoisotopic (exact) mass is 210 g/mol. The normalized spacial score (nSPS) is 23.6. The van der Waals surface area contributed by atoms with Crippen LogP contribution in [0.15, 0.2) is 0 Å². The number of thioether (sulfide) groups is 1. The standard InChI is InChI=1S/C7H11ClO3S/c8-2-1-6(9)11-7-5-10-3-4-12-7/h7H,1-5H2. The van der Waals surface area contributed by atoms with E-state index in [1.165, 1.54) is 0 Å². The molecule has 70 valence electrons. The second kappa shape index (κ2) is 5.67. The second-order valence-corrected chi connectivity index (χ2v) is 3.95. The first-order chi connectivity index (χ1) is 5.83. The van der Waals surface area contributed by atoms with E-state index in [2.05, 4.69) is 0 Å². The molecule has 0 aromatic carbocycles. The lowest BCUT2D eigenvalue weighted by Gasteiger charge is -2.21. The molecule has 1 saturated heterocycles. The Morgan fingerprint density at radius 1 is 1.75 bits per heavy atom. The molecule has 12 heavy (non-hydrogen) atoms. The van der Waals surface area contributed by atoms with Crippen molar-refractivity contribution in [2.75, 3.05) is 24.8 Å². The summed E-state index contributed by atoms with van der Waals surface area (Å²) in [6.07, 6.45) is 0.276. The summed E-state index contributed by atoms with van der Waals surface area (Å²) in [4.78, 5) is 10.9. The number of alkyl halides is 1. The highest BCUT2D eigenvalue weighted by Gasteiger charge is 2.17. The summed E-state index contributed by atoms with van der Waals surface area (Å²) < 4.78 is 10.2. The minimum absolute atomic E-state index is 0.130. The molecule has 1 fully saturated rings. The number of hydrogen-bond acceptors (Lipinski definition) is 4. The van der Waals surface area contributed by atoms with Crippen LogP contribution in [-0.2, 0) is 14.3 Å². The number of halogens is 1. The van der Waals surface area contributed by atoms with Crippen LogP contribution < -0.4 is 0 Å². The average molecular weight is 211 g/mol. The van der Waals surface area contributed by atoms with Crippen LogP contribution in [-0.4, -0.2) is 36.3 Å². The van der Waals surface area contributed by atoms with Crippen molar-refractivity contribution in [1.82, 2.24) is 0 Å². The number of esters is 1. The molecule has 1 atom stereocenters. The summed E-state index contributed by atoms with van der Waals surface area (Å²) in [5.74, 6) is 0.962. The molecule has 0 aromatic rings. The predicted octanol–water partition coefficient (Wildman–Crippen LogP) is 1.25. The van der Waals surface area contributed by atoms with Crippen molar-refractivity contribution in [3.63, 3.8) is 0 Å². The Hall–Kier alpha value is 0.0700. The quantitative estimate of drug-likeness (QED) is 0.519. The third-order valence-electron chi connectivity index (χ3n) is 1.35. The Morgan fingerprint density at radius 3 is 3.17 bits per heavy atom. The van der Waals surface area contributed by atoms with Crippen molar-refractivity contribution in [3.05, 3.63) is 0 Å². The molecular weight excluding hydrogens is 200 g/mol. The van der Waals surface area contributed by atoms with Crippen LogP contribution in [0.25, 0.3) is 0 Å². The number of carbonyl (C=O) groups is 1. The zero-order chi connectivity index (χ0) is 8.81. The van der Waals surface area contributed by atoms with Crippen molar-refractivity contribution >= 4 is 29.3 Å². The number of carbonyl (C=O) groups excluding carboxylic acids is 1. The summed E-state index contributed by atoms with van der Waals surface area (Å²) in [5, 5.41) is 0. The summed E-state index contributed by atoms with van der Waals surface area (Å²) >= 11 is 6.98. The zero-order valence-corrected chi connectivity index (χ0v) is 8.20. The third-order valence-corrected chi connectivity index (χ3v) is 2.54. The highest BCUT2D eigenvalue weighted by molar-refractivity contribution is 7.99. The maximum atomic E-state index is 10.9. The van der Waals surface area contributed by atoms with Crippen molar-refractivity contribution in [2.24, 2.45) is 0 Å². The van der Waals surface area contributed by atoms with E-state index in [1.807, 2.05) is 0 Å². The maximum absolute atomic E-state index is 10.9. The fraction of sp³-hybridized carbons (Fsp3) is 0.857. The summed E-state index contributed by atoms with van der Waals surface area (Å²) in [6.45, 7) is 1.24. The fourth-order valence-corrected chi connectivity index (χ4v) is 1.82. The number of rotatable bonds is 3. The van der Waals surface area contributed by atoms with Crippen LogP contribution in [0.3, 0.4) is 0 Å². The van der Waals surface area contributed by atoms with E-state index in [-0.39, 0.29) is 17.8 Å². The first kappa shape index (κ1) is 10.2. The largest absolute Gasteiger partial charge is 0.449 e. The Bertz CT molecular complexity index is 148. The maximum Gasteiger partial charge on any atom is 0.308 e.